The molecule has 0 aliphatic rings. The summed E-state index contributed by atoms with van der Waals surface area (Å²) >= 11 is 0. The van der Waals surface area contributed by atoms with Gasteiger partial charge in [0.1, 0.15) is 5.75 Å². The van der Waals surface area contributed by atoms with E-state index in [9.17, 15) is 0 Å². The minimum Gasteiger partial charge on any atom is -0.497 e. The summed E-state index contributed by atoms with van der Waals surface area (Å²) in [6.07, 6.45) is 0.846. The Morgan fingerprint density at radius 2 is 1.75 bits per heavy atom. The second kappa shape index (κ2) is 8.04. The van der Waals surface area contributed by atoms with E-state index in [2.05, 4.69) is 41.4 Å². The van der Waals surface area contributed by atoms with Crippen LogP contribution in [0.2, 0.25) is 0 Å². The topological polar surface area (TPSA) is 21.3 Å². The van der Waals surface area contributed by atoms with E-state index < -0.39 is 0 Å². The number of methoxy groups -OCH3 is 1. The number of hydrogen-bond donors (Lipinski definition) is 1. The number of rotatable bonds is 5. The summed E-state index contributed by atoms with van der Waals surface area (Å²) in [6, 6.07) is 18.2. The van der Waals surface area contributed by atoms with Gasteiger partial charge in [0.25, 0.3) is 0 Å². The fraction of sp³-hybridized carbons (Fsp3) is 0.222. The standard InChI is InChI=1S/C18H19NO/c1-20-18-12-10-16(11-13-18)7-5-6-14-19-15-17-8-3-2-4-9-17/h2-4,8-13,19H,6,14-15H2,1H3. The second-order valence-electron chi connectivity index (χ2n) is 4.44. The average molecular weight is 265 g/mol. The lowest BCUT2D eigenvalue weighted by Gasteiger charge is -2.01. The zero-order valence-electron chi connectivity index (χ0n) is 11.7. The first-order valence-corrected chi connectivity index (χ1v) is 6.76. The quantitative estimate of drug-likeness (QED) is 0.662. The van der Waals surface area contributed by atoms with Gasteiger partial charge in [-0.2, -0.15) is 0 Å². The Bertz CT molecular complexity index is 564. The zero-order chi connectivity index (χ0) is 14.0. The van der Waals surface area contributed by atoms with Crippen LogP contribution in [0.4, 0.5) is 0 Å². The Balaban J connectivity index is 1.69. The van der Waals surface area contributed by atoms with Gasteiger partial charge in [-0.1, -0.05) is 42.2 Å². The third-order valence-electron chi connectivity index (χ3n) is 2.92. The van der Waals surface area contributed by atoms with Crippen LogP contribution in [0.25, 0.3) is 0 Å². The van der Waals surface area contributed by atoms with Gasteiger partial charge in [-0.3, -0.25) is 0 Å². The minimum absolute atomic E-state index is 0.846. The molecule has 0 bridgehead atoms. The Morgan fingerprint density at radius 1 is 1.00 bits per heavy atom. The SMILES string of the molecule is COc1ccc(C#CCCNCc2ccccc2)cc1. The summed E-state index contributed by atoms with van der Waals surface area (Å²) in [5.74, 6) is 7.18. The fourth-order valence-electron chi connectivity index (χ4n) is 1.82. The molecule has 0 aliphatic carbocycles. The van der Waals surface area contributed by atoms with Gasteiger partial charge >= 0.3 is 0 Å². The number of hydrogen-bond acceptors (Lipinski definition) is 2. The lowest BCUT2D eigenvalue weighted by molar-refractivity contribution is 0.415. The number of nitrogens with one attached hydrogen (secondary N) is 1. The highest BCUT2D eigenvalue weighted by molar-refractivity contribution is 5.38. The highest BCUT2D eigenvalue weighted by atomic mass is 16.5. The van der Waals surface area contributed by atoms with Crippen LogP contribution in [-0.2, 0) is 6.54 Å². The molecule has 2 aromatic carbocycles. The molecule has 0 aromatic heterocycles. The molecule has 0 fully saturated rings. The van der Waals surface area contributed by atoms with Crippen LogP contribution in [0.3, 0.4) is 0 Å². The third kappa shape index (κ3) is 4.79. The van der Waals surface area contributed by atoms with Gasteiger partial charge in [-0.25, -0.2) is 0 Å². The van der Waals surface area contributed by atoms with Crippen LogP contribution in [0.1, 0.15) is 17.5 Å². The molecule has 0 saturated carbocycles. The zero-order valence-corrected chi connectivity index (χ0v) is 11.7. The van der Waals surface area contributed by atoms with E-state index in [0.717, 1.165) is 30.8 Å². The highest BCUT2D eigenvalue weighted by Crippen LogP contribution is 2.10. The largest absolute Gasteiger partial charge is 0.497 e. The number of ether oxygens (including phenoxy) is 1. The van der Waals surface area contributed by atoms with Crippen molar-refractivity contribution in [3.05, 3.63) is 65.7 Å². The van der Waals surface area contributed by atoms with Crippen molar-refractivity contribution in [2.75, 3.05) is 13.7 Å². The van der Waals surface area contributed by atoms with Crippen LogP contribution in [0.15, 0.2) is 54.6 Å². The Morgan fingerprint density at radius 3 is 2.45 bits per heavy atom. The van der Waals surface area contributed by atoms with Gasteiger partial charge in [-0.05, 0) is 29.8 Å². The molecule has 0 atom stereocenters. The van der Waals surface area contributed by atoms with Gasteiger partial charge in [0.15, 0.2) is 0 Å². The van der Waals surface area contributed by atoms with Crippen LogP contribution in [-0.4, -0.2) is 13.7 Å². The molecule has 0 saturated heterocycles. The van der Waals surface area contributed by atoms with Crippen molar-refractivity contribution in [3.8, 4) is 17.6 Å². The summed E-state index contributed by atoms with van der Waals surface area (Å²) in [5, 5.41) is 3.38. The van der Waals surface area contributed by atoms with Gasteiger partial charge in [0, 0.05) is 25.1 Å². The summed E-state index contributed by atoms with van der Waals surface area (Å²) < 4.78 is 5.11. The molecule has 2 rings (SSSR count). The first-order chi connectivity index (χ1) is 9.88. The normalized spacial score (nSPS) is 9.65. The van der Waals surface area contributed by atoms with Crippen molar-refractivity contribution in [1.82, 2.24) is 5.32 Å². The number of benzene rings is 2. The summed E-state index contributed by atoms with van der Waals surface area (Å²) in [6.45, 7) is 1.79. The van der Waals surface area contributed by atoms with Crippen molar-refractivity contribution < 1.29 is 4.74 Å². The molecule has 0 aliphatic heterocycles. The van der Waals surface area contributed by atoms with Gasteiger partial charge < -0.3 is 10.1 Å². The van der Waals surface area contributed by atoms with E-state index in [-0.39, 0.29) is 0 Å². The third-order valence-corrected chi connectivity index (χ3v) is 2.92. The maximum absolute atomic E-state index is 5.11. The van der Waals surface area contributed by atoms with E-state index in [1.165, 1.54) is 5.56 Å². The van der Waals surface area contributed by atoms with Crippen LogP contribution in [0.5, 0.6) is 5.75 Å². The summed E-state index contributed by atoms with van der Waals surface area (Å²) in [4.78, 5) is 0. The van der Waals surface area contributed by atoms with Crippen molar-refractivity contribution in [3.63, 3.8) is 0 Å². The Hall–Kier alpha value is -2.24. The van der Waals surface area contributed by atoms with E-state index in [0.29, 0.717) is 0 Å². The molecular weight excluding hydrogens is 246 g/mol. The molecular formula is C18H19NO. The average Bonchev–Trinajstić information content (AvgIpc) is 2.52. The smallest absolute Gasteiger partial charge is 0.118 e. The van der Waals surface area contributed by atoms with Crippen molar-refractivity contribution >= 4 is 0 Å². The fourth-order valence-corrected chi connectivity index (χ4v) is 1.82. The lowest BCUT2D eigenvalue weighted by atomic mass is 10.2. The Kier molecular flexibility index (Phi) is 5.70. The monoisotopic (exact) mass is 265 g/mol. The molecule has 1 N–H and O–H groups in total. The van der Waals surface area contributed by atoms with Crippen LogP contribution < -0.4 is 10.1 Å². The van der Waals surface area contributed by atoms with Gasteiger partial charge in [0.2, 0.25) is 0 Å². The molecule has 0 heterocycles. The molecule has 0 spiro atoms. The molecule has 2 heteroatoms. The maximum atomic E-state index is 5.11. The van der Waals surface area contributed by atoms with Crippen molar-refractivity contribution in [2.45, 2.75) is 13.0 Å². The van der Waals surface area contributed by atoms with Crippen molar-refractivity contribution in [1.29, 1.82) is 0 Å². The predicted molar refractivity (Wildman–Crippen MR) is 82.6 cm³/mol. The molecule has 0 unspecified atom stereocenters. The van der Waals surface area contributed by atoms with E-state index in [1.807, 2.05) is 30.3 Å². The minimum atomic E-state index is 0.846. The first-order valence-electron chi connectivity index (χ1n) is 6.76. The summed E-state index contributed by atoms with van der Waals surface area (Å²) in [5.41, 5.74) is 2.32. The van der Waals surface area contributed by atoms with Gasteiger partial charge in [-0.15, -0.1) is 0 Å². The molecule has 0 radical (unpaired) electrons. The molecule has 0 amide bonds. The van der Waals surface area contributed by atoms with E-state index in [4.69, 9.17) is 4.74 Å². The van der Waals surface area contributed by atoms with Crippen molar-refractivity contribution in [2.24, 2.45) is 0 Å². The predicted octanol–water partition coefficient (Wildman–Crippen LogP) is 3.23. The van der Waals surface area contributed by atoms with E-state index in [1.54, 1.807) is 7.11 Å². The molecule has 102 valence electrons. The molecule has 20 heavy (non-hydrogen) atoms. The first kappa shape index (κ1) is 14.2. The maximum Gasteiger partial charge on any atom is 0.118 e. The van der Waals surface area contributed by atoms with Crippen LogP contribution >= 0.6 is 0 Å². The summed E-state index contributed by atoms with van der Waals surface area (Å²) in [7, 11) is 1.67. The molecule has 2 aromatic rings. The van der Waals surface area contributed by atoms with Crippen LogP contribution in [0, 0.1) is 11.8 Å². The lowest BCUT2D eigenvalue weighted by Crippen LogP contribution is -2.13. The van der Waals surface area contributed by atoms with Gasteiger partial charge in [0.05, 0.1) is 7.11 Å². The van der Waals surface area contributed by atoms with E-state index >= 15 is 0 Å². The molecule has 2 nitrogen and oxygen atoms in total. The Labute approximate surface area is 120 Å². The second-order valence-corrected chi connectivity index (χ2v) is 4.44. The highest BCUT2D eigenvalue weighted by Gasteiger charge is 1.90.